The van der Waals surface area contributed by atoms with Crippen LogP contribution >= 0.6 is 11.3 Å². The third-order valence-electron chi connectivity index (χ3n) is 3.28. The molecule has 0 amide bonds. The minimum absolute atomic E-state index is 0.881. The van der Waals surface area contributed by atoms with Crippen LogP contribution in [0, 0.1) is 0 Å². The molecule has 0 aliphatic carbocycles. The molecule has 1 N–H and O–H groups in total. The monoisotopic (exact) mass is 262 g/mol. The highest BCUT2D eigenvalue weighted by molar-refractivity contribution is 7.16. The van der Waals surface area contributed by atoms with Crippen LogP contribution < -0.4 is 5.32 Å². The lowest BCUT2D eigenvalue weighted by Crippen LogP contribution is -2.20. The van der Waals surface area contributed by atoms with E-state index >= 15 is 0 Å². The molecular weight excluding hydrogens is 244 g/mol. The zero-order valence-electron chi connectivity index (χ0n) is 10.6. The average Bonchev–Trinajstić information content (AvgIpc) is 3.00. The molecular formula is C13H18N4S. The van der Waals surface area contributed by atoms with Crippen LogP contribution in [0.2, 0.25) is 0 Å². The van der Waals surface area contributed by atoms with Crippen molar-refractivity contribution in [3.63, 3.8) is 0 Å². The topological polar surface area (TPSA) is 41.1 Å². The van der Waals surface area contributed by atoms with Crippen molar-refractivity contribution in [3.05, 3.63) is 17.3 Å². The van der Waals surface area contributed by atoms with Crippen LogP contribution in [0.1, 0.15) is 25.6 Å². The molecule has 0 bridgehead atoms. The Hall–Kier alpha value is -1.20. The van der Waals surface area contributed by atoms with E-state index < -0.39 is 0 Å². The van der Waals surface area contributed by atoms with Crippen molar-refractivity contribution in [1.82, 2.24) is 14.9 Å². The molecule has 0 aromatic carbocycles. The second kappa shape index (κ2) is 5.20. The Morgan fingerprint density at radius 2 is 2.17 bits per heavy atom. The highest BCUT2D eigenvalue weighted by Crippen LogP contribution is 2.25. The second-order valence-corrected chi connectivity index (χ2v) is 5.54. The summed E-state index contributed by atoms with van der Waals surface area (Å²) in [6, 6.07) is 2.09. The summed E-state index contributed by atoms with van der Waals surface area (Å²) in [7, 11) is 0. The van der Waals surface area contributed by atoms with E-state index in [0.29, 0.717) is 0 Å². The van der Waals surface area contributed by atoms with Gasteiger partial charge in [-0.2, -0.15) is 0 Å². The second-order valence-electron chi connectivity index (χ2n) is 4.64. The molecule has 4 nitrogen and oxygen atoms in total. The minimum Gasteiger partial charge on any atom is -0.370 e. The summed E-state index contributed by atoms with van der Waals surface area (Å²) in [4.78, 5) is 12.9. The van der Waals surface area contributed by atoms with Gasteiger partial charge < -0.3 is 5.32 Å². The van der Waals surface area contributed by atoms with Crippen LogP contribution in [-0.4, -0.2) is 34.5 Å². The number of fused-ring (bicyclic) bond motifs is 1. The quantitative estimate of drug-likeness (QED) is 0.920. The first kappa shape index (κ1) is 11.9. The van der Waals surface area contributed by atoms with Crippen LogP contribution in [0.4, 0.5) is 5.82 Å². The molecule has 18 heavy (non-hydrogen) atoms. The first-order valence-electron chi connectivity index (χ1n) is 6.57. The highest BCUT2D eigenvalue weighted by Gasteiger charge is 2.15. The van der Waals surface area contributed by atoms with Gasteiger partial charge in [0, 0.05) is 6.54 Å². The molecule has 96 valence electrons. The van der Waals surface area contributed by atoms with Gasteiger partial charge in [-0.25, -0.2) is 9.97 Å². The molecule has 2 aromatic heterocycles. The van der Waals surface area contributed by atoms with E-state index in [1.807, 2.05) is 0 Å². The number of nitrogens with one attached hydrogen (secondary N) is 1. The van der Waals surface area contributed by atoms with E-state index in [2.05, 4.69) is 38.6 Å². The lowest BCUT2D eigenvalue weighted by molar-refractivity contribution is 0.323. The molecule has 1 fully saturated rings. The highest BCUT2D eigenvalue weighted by atomic mass is 32.1. The molecule has 3 rings (SSSR count). The van der Waals surface area contributed by atoms with E-state index in [-0.39, 0.29) is 0 Å². The van der Waals surface area contributed by atoms with Crippen molar-refractivity contribution in [2.75, 3.05) is 25.0 Å². The van der Waals surface area contributed by atoms with Gasteiger partial charge in [0.1, 0.15) is 16.5 Å². The predicted octanol–water partition coefficient (Wildman–Crippen LogP) is 2.72. The predicted molar refractivity (Wildman–Crippen MR) is 76.1 cm³/mol. The molecule has 1 aliphatic heterocycles. The van der Waals surface area contributed by atoms with Crippen LogP contribution in [0.25, 0.3) is 10.2 Å². The summed E-state index contributed by atoms with van der Waals surface area (Å²) < 4.78 is 0. The van der Waals surface area contributed by atoms with Gasteiger partial charge >= 0.3 is 0 Å². The molecule has 1 aliphatic rings. The Bertz CT molecular complexity index is 531. The Labute approximate surface area is 111 Å². The fraction of sp³-hybridized carbons (Fsp3) is 0.538. The maximum Gasteiger partial charge on any atom is 0.146 e. The fourth-order valence-corrected chi connectivity index (χ4v) is 3.20. The third-order valence-corrected chi connectivity index (χ3v) is 4.09. The van der Waals surface area contributed by atoms with E-state index in [0.717, 1.165) is 34.9 Å². The molecule has 3 heterocycles. The number of anilines is 1. The van der Waals surface area contributed by atoms with Gasteiger partial charge in [-0.05, 0) is 44.3 Å². The Kier molecular flexibility index (Phi) is 3.43. The standard InChI is InChI=1S/C13H18N4S/c1-2-14-12-10-5-8-18-13(10)16-11(15-12)9-17-6-3-4-7-17/h5,8H,2-4,6-7,9H2,1H3,(H,14,15,16). The molecule has 0 radical (unpaired) electrons. The first-order valence-corrected chi connectivity index (χ1v) is 7.45. The van der Waals surface area contributed by atoms with Crippen molar-refractivity contribution in [2.24, 2.45) is 0 Å². The molecule has 0 unspecified atom stereocenters. The SMILES string of the molecule is CCNc1nc(CN2CCCC2)nc2sccc12. The number of rotatable bonds is 4. The number of hydrogen-bond acceptors (Lipinski definition) is 5. The Balaban J connectivity index is 1.90. The van der Waals surface area contributed by atoms with Crippen molar-refractivity contribution in [2.45, 2.75) is 26.3 Å². The number of nitrogens with zero attached hydrogens (tertiary/aromatic N) is 3. The average molecular weight is 262 g/mol. The van der Waals surface area contributed by atoms with E-state index in [4.69, 9.17) is 0 Å². The van der Waals surface area contributed by atoms with Gasteiger partial charge in [-0.15, -0.1) is 11.3 Å². The van der Waals surface area contributed by atoms with Crippen molar-refractivity contribution in [1.29, 1.82) is 0 Å². The van der Waals surface area contributed by atoms with E-state index in [9.17, 15) is 0 Å². The summed E-state index contributed by atoms with van der Waals surface area (Å²) in [5.74, 6) is 1.93. The Morgan fingerprint density at radius 3 is 2.94 bits per heavy atom. The zero-order valence-corrected chi connectivity index (χ0v) is 11.5. The van der Waals surface area contributed by atoms with Crippen LogP contribution in [-0.2, 0) is 6.54 Å². The van der Waals surface area contributed by atoms with Gasteiger partial charge in [0.05, 0.1) is 11.9 Å². The van der Waals surface area contributed by atoms with Gasteiger partial charge in [-0.1, -0.05) is 0 Å². The summed E-state index contributed by atoms with van der Waals surface area (Å²) in [5.41, 5.74) is 0. The van der Waals surface area contributed by atoms with Crippen LogP contribution in [0.3, 0.4) is 0 Å². The zero-order chi connectivity index (χ0) is 12.4. The van der Waals surface area contributed by atoms with Crippen molar-refractivity contribution < 1.29 is 0 Å². The number of hydrogen-bond donors (Lipinski definition) is 1. The van der Waals surface area contributed by atoms with Crippen molar-refractivity contribution in [3.8, 4) is 0 Å². The fourth-order valence-electron chi connectivity index (χ4n) is 2.41. The maximum atomic E-state index is 4.67. The summed E-state index contributed by atoms with van der Waals surface area (Å²) in [5, 5.41) is 6.57. The molecule has 0 saturated carbocycles. The summed E-state index contributed by atoms with van der Waals surface area (Å²) in [6.07, 6.45) is 2.61. The molecule has 0 spiro atoms. The molecule has 5 heteroatoms. The van der Waals surface area contributed by atoms with Gasteiger partial charge in [0.25, 0.3) is 0 Å². The normalized spacial score (nSPS) is 16.5. The summed E-state index contributed by atoms with van der Waals surface area (Å²) >= 11 is 1.69. The molecule has 1 saturated heterocycles. The number of thiophene rings is 1. The van der Waals surface area contributed by atoms with Gasteiger partial charge in [-0.3, -0.25) is 4.90 Å². The number of aromatic nitrogens is 2. The molecule has 0 atom stereocenters. The smallest absolute Gasteiger partial charge is 0.146 e. The van der Waals surface area contributed by atoms with Crippen LogP contribution in [0.5, 0.6) is 0 Å². The minimum atomic E-state index is 0.881. The largest absolute Gasteiger partial charge is 0.370 e. The maximum absolute atomic E-state index is 4.67. The number of likely N-dealkylation sites (tertiary alicyclic amines) is 1. The third kappa shape index (κ3) is 2.33. The van der Waals surface area contributed by atoms with Gasteiger partial charge in [0.2, 0.25) is 0 Å². The van der Waals surface area contributed by atoms with Gasteiger partial charge in [0.15, 0.2) is 0 Å². The van der Waals surface area contributed by atoms with E-state index in [1.165, 1.54) is 25.9 Å². The Morgan fingerprint density at radius 1 is 1.33 bits per heavy atom. The lowest BCUT2D eigenvalue weighted by Gasteiger charge is -2.14. The first-order chi connectivity index (χ1) is 8.86. The summed E-state index contributed by atoms with van der Waals surface area (Å²) in [6.45, 7) is 6.24. The lowest BCUT2D eigenvalue weighted by atomic mass is 10.3. The van der Waals surface area contributed by atoms with Crippen LogP contribution in [0.15, 0.2) is 11.4 Å². The molecule has 2 aromatic rings. The van der Waals surface area contributed by atoms with E-state index in [1.54, 1.807) is 11.3 Å². The van der Waals surface area contributed by atoms with Crippen molar-refractivity contribution >= 4 is 27.4 Å².